The molecule has 0 radical (unpaired) electrons. The zero-order valence-electron chi connectivity index (χ0n) is 20.5. The van der Waals surface area contributed by atoms with Crippen LogP contribution in [0.1, 0.15) is 12.0 Å². The van der Waals surface area contributed by atoms with Gasteiger partial charge in [-0.1, -0.05) is 11.8 Å². The summed E-state index contributed by atoms with van der Waals surface area (Å²) in [5.74, 6) is 0.689. The summed E-state index contributed by atoms with van der Waals surface area (Å²) in [5, 5.41) is 0. The van der Waals surface area contributed by atoms with Crippen molar-refractivity contribution in [2.75, 3.05) is 39.1 Å². The van der Waals surface area contributed by atoms with E-state index in [9.17, 15) is 21.6 Å². The SMILES string of the molecule is COc1ccc(Sc2sc(S(=O)(=O)Nc3ccc(C(F)(F)F)c(O[C@@H]4CCN(C)C4)c3)cc2Br)cc1OC. The van der Waals surface area contributed by atoms with Gasteiger partial charge in [0.15, 0.2) is 11.5 Å². The van der Waals surface area contributed by atoms with Crippen molar-refractivity contribution in [2.45, 2.75) is 32.0 Å². The second-order valence-corrected chi connectivity index (χ2v) is 13.6. The van der Waals surface area contributed by atoms with Crippen LogP contribution in [0.2, 0.25) is 0 Å². The van der Waals surface area contributed by atoms with E-state index >= 15 is 0 Å². The van der Waals surface area contributed by atoms with Crippen LogP contribution in [-0.2, 0) is 16.2 Å². The summed E-state index contributed by atoms with van der Waals surface area (Å²) in [7, 11) is 0.813. The number of alkyl halides is 3. The molecule has 3 aromatic rings. The number of nitrogens with one attached hydrogen (secondary N) is 1. The van der Waals surface area contributed by atoms with E-state index in [0.29, 0.717) is 39.7 Å². The van der Waals surface area contributed by atoms with Crippen LogP contribution >= 0.6 is 39.0 Å². The Kier molecular flexibility index (Phi) is 8.77. The second kappa shape index (κ2) is 11.5. The normalized spacial score (nSPS) is 16.4. The third-order valence-corrected chi connectivity index (χ3v) is 11.0. The van der Waals surface area contributed by atoms with Crippen LogP contribution in [0.15, 0.2) is 60.3 Å². The van der Waals surface area contributed by atoms with E-state index < -0.39 is 33.6 Å². The van der Waals surface area contributed by atoms with E-state index in [2.05, 4.69) is 20.7 Å². The average molecular weight is 654 g/mol. The fourth-order valence-electron chi connectivity index (χ4n) is 3.81. The van der Waals surface area contributed by atoms with Crippen LogP contribution in [0.5, 0.6) is 17.2 Å². The Balaban J connectivity index is 1.56. The lowest BCUT2D eigenvalue weighted by Crippen LogP contribution is -2.23. The predicted molar refractivity (Wildman–Crippen MR) is 144 cm³/mol. The van der Waals surface area contributed by atoms with Crippen molar-refractivity contribution in [3.8, 4) is 17.2 Å². The Morgan fingerprint density at radius 3 is 2.45 bits per heavy atom. The van der Waals surface area contributed by atoms with Crippen LogP contribution in [0.25, 0.3) is 0 Å². The summed E-state index contributed by atoms with van der Waals surface area (Å²) >= 11 is 5.75. The molecule has 0 amide bonds. The van der Waals surface area contributed by atoms with Crippen LogP contribution in [0, 0.1) is 0 Å². The molecule has 1 saturated heterocycles. The Morgan fingerprint density at radius 1 is 1.08 bits per heavy atom. The van der Waals surface area contributed by atoms with Crippen LogP contribution in [0.3, 0.4) is 0 Å². The number of anilines is 1. The number of ether oxygens (including phenoxy) is 3. The smallest absolute Gasteiger partial charge is 0.419 e. The van der Waals surface area contributed by atoms with Crippen LogP contribution in [-0.4, -0.2) is 53.8 Å². The molecule has 7 nitrogen and oxygen atoms in total. The number of hydrogen-bond donors (Lipinski definition) is 1. The minimum absolute atomic E-state index is 0.00728. The zero-order chi connectivity index (χ0) is 27.7. The average Bonchev–Trinajstić information content (AvgIpc) is 3.43. The number of thiophene rings is 1. The molecule has 0 unspecified atom stereocenters. The minimum Gasteiger partial charge on any atom is -0.493 e. The fraction of sp³-hybridized carbons (Fsp3) is 0.333. The standard InChI is InChI=1S/C24H24BrF3N2O5S3/c1-30-9-8-15(13-30)35-20-10-14(4-6-17(20)24(26,27)28)29-38(31,32)22-12-18(25)23(37-22)36-16-5-7-19(33-2)21(11-16)34-3/h4-7,10-12,15,29H,8-9,13H2,1-3H3/t15-/m1/s1. The van der Waals surface area contributed by atoms with Gasteiger partial charge in [-0.2, -0.15) is 13.2 Å². The molecule has 0 saturated carbocycles. The molecule has 1 aliphatic rings. The number of likely N-dealkylation sites (N-methyl/N-ethyl adjacent to an activating group) is 1. The Labute approximate surface area is 235 Å². The highest BCUT2D eigenvalue weighted by Gasteiger charge is 2.36. The topological polar surface area (TPSA) is 77.1 Å². The number of halogens is 4. The van der Waals surface area contributed by atoms with Gasteiger partial charge in [-0.15, -0.1) is 11.3 Å². The molecule has 14 heteroatoms. The van der Waals surface area contributed by atoms with Crippen LogP contribution < -0.4 is 18.9 Å². The quantitative estimate of drug-likeness (QED) is 0.280. The lowest BCUT2D eigenvalue weighted by atomic mass is 10.1. The summed E-state index contributed by atoms with van der Waals surface area (Å²) in [6.07, 6.45) is -4.49. The van der Waals surface area contributed by atoms with Gasteiger partial charge in [0.2, 0.25) is 0 Å². The summed E-state index contributed by atoms with van der Waals surface area (Å²) < 4.78 is 86.9. The summed E-state index contributed by atoms with van der Waals surface area (Å²) in [6, 6.07) is 9.77. The molecule has 38 heavy (non-hydrogen) atoms. The summed E-state index contributed by atoms with van der Waals surface area (Å²) in [6.45, 7) is 1.19. The van der Waals surface area contributed by atoms with E-state index in [0.717, 1.165) is 34.4 Å². The Hall–Kier alpha value is -2.13. The molecular formula is C24H24BrF3N2O5S3. The number of nitrogens with zero attached hydrogens (tertiary/aromatic N) is 1. The molecule has 0 bridgehead atoms. The number of likely N-dealkylation sites (tertiary alicyclic amines) is 1. The first-order valence-corrected chi connectivity index (χ1v) is 15.1. The molecule has 1 aliphatic heterocycles. The van der Waals surface area contributed by atoms with Crippen molar-refractivity contribution in [3.05, 3.63) is 52.5 Å². The molecular weight excluding hydrogens is 629 g/mol. The maximum atomic E-state index is 13.6. The fourth-order valence-corrected chi connectivity index (χ4v) is 8.53. The third-order valence-electron chi connectivity index (χ3n) is 5.64. The second-order valence-electron chi connectivity index (χ2n) is 8.42. The Bertz CT molecular complexity index is 1420. The molecule has 0 aliphatic carbocycles. The first-order valence-electron chi connectivity index (χ1n) is 11.2. The molecule has 0 spiro atoms. The number of rotatable bonds is 9. The maximum absolute atomic E-state index is 13.6. The van der Waals surface area contributed by atoms with Gasteiger partial charge in [0.1, 0.15) is 16.1 Å². The van der Waals surface area contributed by atoms with Gasteiger partial charge in [0, 0.05) is 28.5 Å². The van der Waals surface area contributed by atoms with Crippen molar-refractivity contribution < 1.29 is 35.8 Å². The molecule has 1 fully saturated rings. The lowest BCUT2D eigenvalue weighted by Gasteiger charge is -2.19. The number of sulfonamides is 1. The van der Waals surface area contributed by atoms with Crippen molar-refractivity contribution in [1.82, 2.24) is 4.90 Å². The third kappa shape index (κ3) is 6.71. The minimum atomic E-state index is -4.65. The molecule has 4 rings (SSSR count). The highest BCUT2D eigenvalue weighted by Crippen LogP contribution is 2.44. The van der Waals surface area contributed by atoms with Gasteiger partial charge >= 0.3 is 6.18 Å². The van der Waals surface area contributed by atoms with Crippen molar-refractivity contribution in [2.24, 2.45) is 0 Å². The first-order chi connectivity index (χ1) is 17.9. The predicted octanol–water partition coefficient (Wildman–Crippen LogP) is 6.58. The monoisotopic (exact) mass is 652 g/mol. The maximum Gasteiger partial charge on any atom is 0.419 e. The highest BCUT2D eigenvalue weighted by atomic mass is 79.9. The Morgan fingerprint density at radius 2 is 1.82 bits per heavy atom. The van der Waals surface area contributed by atoms with Gasteiger partial charge in [-0.05, 0) is 65.8 Å². The number of methoxy groups -OCH3 is 2. The van der Waals surface area contributed by atoms with Gasteiger partial charge < -0.3 is 19.1 Å². The molecule has 2 heterocycles. The van der Waals surface area contributed by atoms with Crippen LogP contribution in [0.4, 0.5) is 18.9 Å². The summed E-state index contributed by atoms with van der Waals surface area (Å²) in [4.78, 5) is 2.75. The molecule has 206 valence electrons. The van der Waals surface area contributed by atoms with Gasteiger partial charge in [0.05, 0.1) is 29.7 Å². The van der Waals surface area contributed by atoms with Crippen molar-refractivity contribution in [1.29, 1.82) is 0 Å². The largest absolute Gasteiger partial charge is 0.493 e. The molecule has 1 N–H and O–H groups in total. The molecule has 1 aromatic heterocycles. The zero-order valence-corrected chi connectivity index (χ0v) is 24.5. The number of benzene rings is 2. The van der Waals surface area contributed by atoms with Gasteiger partial charge in [-0.25, -0.2) is 8.42 Å². The number of hydrogen-bond acceptors (Lipinski definition) is 8. The van der Waals surface area contributed by atoms with Gasteiger partial charge in [0.25, 0.3) is 10.0 Å². The van der Waals surface area contributed by atoms with E-state index in [-0.39, 0.29) is 9.90 Å². The van der Waals surface area contributed by atoms with E-state index in [4.69, 9.17) is 14.2 Å². The molecule has 1 atom stereocenters. The van der Waals surface area contributed by atoms with E-state index in [1.165, 1.54) is 32.0 Å². The molecule has 2 aromatic carbocycles. The van der Waals surface area contributed by atoms with Gasteiger partial charge in [-0.3, -0.25) is 4.72 Å². The first kappa shape index (κ1) is 28.9. The van der Waals surface area contributed by atoms with E-state index in [1.807, 2.05) is 18.0 Å². The van der Waals surface area contributed by atoms with Crippen molar-refractivity contribution >= 4 is 54.7 Å². The van der Waals surface area contributed by atoms with E-state index in [1.54, 1.807) is 12.1 Å². The highest BCUT2D eigenvalue weighted by molar-refractivity contribution is 9.10. The van der Waals surface area contributed by atoms with Crippen molar-refractivity contribution in [3.63, 3.8) is 0 Å². The lowest BCUT2D eigenvalue weighted by molar-refractivity contribution is -0.139. The summed E-state index contributed by atoms with van der Waals surface area (Å²) in [5.41, 5.74) is -0.986.